The molecule has 4 rings (SSSR count). The number of aromatic amines is 1. The van der Waals surface area contributed by atoms with Crippen LogP contribution >= 0.6 is 0 Å². The van der Waals surface area contributed by atoms with E-state index >= 15 is 0 Å². The number of nitrogens with zero attached hydrogens (tertiary/aromatic N) is 2. The van der Waals surface area contributed by atoms with Gasteiger partial charge in [-0.25, -0.2) is 4.98 Å². The number of H-pyrrole nitrogens is 1. The summed E-state index contributed by atoms with van der Waals surface area (Å²) in [5, 5.41) is 3.16. The zero-order valence-corrected chi connectivity index (χ0v) is 14.5. The highest BCUT2D eigenvalue weighted by atomic mass is 16.2. The molecular weight excluding hydrogens is 312 g/mol. The number of amides is 1. The SMILES string of the molecule is O=C(NCCCc1ncc[nH]1)[C@H]1C[C@@H](c2ccccc2)N2CCC[C@H]12. The average molecular weight is 338 g/mol. The lowest BCUT2D eigenvalue weighted by Crippen LogP contribution is -2.38. The summed E-state index contributed by atoms with van der Waals surface area (Å²) in [4.78, 5) is 22.6. The summed E-state index contributed by atoms with van der Waals surface area (Å²) in [5.74, 6) is 1.34. The lowest BCUT2D eigenvalue weighted by atomic mass is 9.93. The average Bonchev–Trinajstić information content (AvgIpc) is 3.36. The van der Waals surface area contributed by atoms with Crippen LogP contribution in [-0.4, -0.2) is 39.9 Å². The molecule has 0 spiro atoms. The van der Waals surface area contributed by atoms with Gasteiger partial charge in [0.25, 0.3) is 0 Å². The van der Waals surface area contributed by atoms with E-state index in [1.165, 1.54) is 12.0 Å². The van der Waals surface area contributed by atoms with Crippen LogP contribution in [0.1, 0.15) is 43.1 Å². The van der Waals surface area contributed by atoms with E-state index in [2.05, 4.69) is 50.5 Å². The largest absolute Gasteiger partial charge is 0.356 e. The maximum absolute atomic E-state index is 12.8. The molecule has 0 unspecified atom stereocenters. The van der Waals surface area contributed by atoms with Crippen LogP contribution in [0.2, 0.25) is 0 Å². The fourth-order valence-electron chi connectivity index (χ4n) is 4.48. The normalized spacial score (nSPS) is 25.8. The molecule has 2 fully saturated rings. The zero-order valence-electron chi connectivity index (χ0n) is 14.5. The Morgan fingerprint density at radius 3 is 3.00 bits per heavy atom. The molecule has 1 amide bonds. The van der Waals surface area contributed by atoms with Gasteiger partial charge >= 0.3 is 0 Å². The Labute approximate surface area is 148 Å². The Morgan fingerprint density at radius 1 is 1.32 bits per heavy atom. The highest BCUT2D eigenvalue weighted by Gasteiger charge is 2.46. The molecule has 5 nitrogen and oxygen atoms in total. The van der Waals surface area contributed by atoms with E-state index in [0.29, 0.717) is 12.1 Å². The van der Waals surface area contributed by atoms with Gasteiger partial charge in [-0.1, -0.05) is 30.3 Å². The van der Waals surface area contributed by atoms with Crippen molar-refractivity contribution in [3.8, 4) is 0 Å². The molecule has 3 heterocycles. The maximum atomic E-state index is 12.8. The summed E-state index contributed by atoms with van der Waals surface area (Å²) in [6, 6.07) is 11.5. The number of nitrogens with one attached hydrogen (secondary N) is 2. The van der Waals surface area contributed by atoms with E-state index in [0.717, 1.165) is 44.6 Å². The van der Waals surface area contributed by atoms with Gasteiger partial charge in [0.1, 0.15) is 5.82 Å². The summed E-state index contributed by atoms with van der Waals surface area (Å²) in [5.41, 5.74) is 1.35. The van der Waals surface area contributed by atoms with Crippen molar-refractivity contribution in [2.45, 2.75) is 44.2 Å². The molecule has 0 bridgehead atoms. The molecule has 2 aromatic rings. The minimum Gasteiger partial charge on any atom is -0.356 e. The van der Waals surface area contributed by atoms with E-state index in [9.17, 15) is 4.79 Å². The van der Waals surface area contributed by atoms with Crippen LogP contribution in [0.3, 0.4) is 0 Å². The second-order valence-electron chi connectivity index (χ2n) is 7.15. The van der Waals surface area contributed by atoms with Crippen molar-refractivity contribution in [1.29, 1.82) is 0 Å². The van der Waals surface area contributed by atoms with Crippen LogP contribution in [0, 0.1) is 5.92 Å². The van der Waals surface area contributed by atoms with Crippen LogP contribution in [0.25, 0.3) is 0 Å². The highest BCUT2D eigenvalue weighted by molar-refractivity contribution is 5.80. The third-order valence-corrected chi connectivity index (χ3v) is 5.65. The smallest absolute Gasteiger partial charge is 0.224 e. The molecule has 0 saturated carbocycles. The summed E-state index contributed by atoms with van der Waals surface area (Å²) >= 11 is 0. The molecule has 0 aliphatic carbocycles. The van der Waals surface area contributed by atoms with Crippen LogP contribution < -0.4 is 5.32 Å². The molecule has 25 heavy (non-hydrogen) atoms. The zero-order chi connectivity index (χ0) is 17.1. The summed E-state index contributed by atoms with van der Waals surface area (Å²) < 4.78 is 0. The lowest BCUT2D eigenvalue weighted by molar-refractivity contribution is -0.125. The topological polar surface area (TPSA) is 61.0 Å². The van der Waals surface area contributed by atoms with Crippen LogP contribution in [-0.2, 0) is 11.2 Å². The first kappa shape index (κ1) is 16.3. The second-order valence-corrected chi connectivity index (χ2v) is 7.15. The number of fused-ring (bicyclic) bond motifs is 1. The Bertz CT molecular complexity index is 685. The van der Waals surface area contributed by atoms with Crippen molar-refractivity contribution in [3.05, 3.63) is 54.1 Å². The fourth-order valence-corrected chi connectivity index (χ4v) is 4.48. The molecule has 1 aromatic heterocycles. The van der Waals surface area contributed by atoms with Crippen molar-refractivity contribution in [2.24, 2.45) is 5.92 Å². The number of aryl methyl sites for hydroxylation is 1. The molecule has 5 heteroatoms. The van der Waals surface area contributed by atoms with Crippen LogP contribution in [0.4, 0.5) is 0 Å². The van der Waals surface area contributed by atoms with Gasteiger partial charge in [0, 0.05) is 37.4 Å². The Kier molecular flexibility index (Phi) is 4.83. The molecule has 1 aromatic carbocycles. The van der Waals surface area contributed by atoms with Crippen molar-refractivity contribution in [3.63, 3.8) is 0 Å². The van der Waals surface area contributed by atoms with E-state index < -0.39 is 0 Å². The monoisotopic (exact) mass is 338 g/mol. The van der Waals surface area contributed by atoms with Gasteiger partial charge < -0.3 is 10.3 Å². The van der Waals surface area contributed by atoms with Gasteiger partial charge in [0.05, 0.1) is 5.92 Å². The molecule has 2 aliphatic rings. The van der Waals surface area contributed by atoms with Gasteiger partial charge in [-0.15, -0.1) is 0 Å². The molecule has 2 saturated heterocycles. The van der Waals surface area contributed by atoms with Crippen LogP contribution in [0.15, 0.2) is 42.7 Å². The number of rotatable bonds is 6. The van der Waals surface area contributed by atoms with Gasteiger partial charge in [-0.05, 0) is 37.8 Å². The Balaban J connectivity index is 1.34. The first-order valence-corrected chi connectivity index (χ1v) is 9.39. The summed E-state index contributed by atoms with van der Waals surface area (Å²) in [6.45, 7) is 1.84. The van der Waals surface area contributed by atoms with Crippen molar-refractivity contribution < 1.29 is 4.79 Å². The van der Waals surface area contributed by atoms with Crippen LogP contribution in [0.5, 0.6) is 0 Å². The minimum absolute atomic E-state index is 0.122. The van der Waals surface area contributed by atoms with E-state index in [1.54, 1.807) is 6.20 Å². The fraction of sp³-hybridized carbons (Fsp3) is 0.500. The van der Waals surface area contributed by atoms with Gasteiger partial charge in [0.2, 0.25) is 5.91 Å². The quantitative estimate of drug-likeness (QED) is 0.796. The minimum atomic E-state index is 0.122. The molecular formula is C20H26N4O. The first-order chi connectivity index (χ1) is 12.3. The second kappa shape index (κ2) is 7.40. The van der Waals surface area contributed by atoms with Gasteiger partial charge in [0.15, 0.2) is 0 Å². The highest BCUT2D eigenvalue weighted by Crippen LogP contribution is 2.44. The number of benzene rings is 1. The third kappa shape index (κ3) is 3.47. The number of hydrogen-bond acceptors (Lipinski definition) is 3. The van der Waals surface area contributed by atoms with Gasteiger partial charge in [-0.2, -0.15) is 0 Å². The van der Waals surface area contributed by atoms with Crippen molar-refractivity contribution in [1.82, 2.24) is 20.2 Å². The lowest BCUT2D eigenvalue weighted by Gasteiger charge is -2.24. The number of imidazole rings is 1. The Morgan fingerprint density at radius 2 is 2.20 bits per heavy atom. The molecule has 132 valence electrons. The van der Waals surface area contributed by atoms with Crippen molar-refractivity contribution in [2.75, 3.05) is 13.1 Å². The van der Waals surface area contributed by atoms with E-state index in [4.69, 9.17) is 0 Å². The number of hydrogen-bond donors (Lipinski definition) is 2. The Hall–Kier alpha value is -2.14. The predicted octanol–water partition coefficient (Wildman–Crippen LogP) is 2.68. The molecule has 3 atom stereocenters. The number of carbonyl (C=O) groups is 1. The van der Waals surface area contributed by atoms with E-state index in [-0.39, 0.29) is 11.8 Å². The predicted molar refractivity (Wildman–Crippen MR) is 96.9 cm³/mol. The number of aromatic nitrogens is 2. The summed E-state index contributed by atoms with van der Waals surface area (Å²) in [6.07, 6.45) is 8.70. The molecule has 0 radical (unpaired) electrons. The first-order valence-electron chi connectivity index (χ1n) is 9.39. The maximum Gasteiger partial charge on any atom is 0.224 e. The molecule has 2 aliphatic heterocycles. The molecule has 2 N–H and O–H groups in total. The van der Waals surface area contributed by atoms with Gasteiger partial charge in [-0.3, -0.25) is 9.69 Å². The van der Waals surface area contributed by atoms with Crippen molar-refractivity contribution >= 4 is 5.91 Å². The summed E-state index contributed by atoms with van der Waals surface area (Å²) in [7, 11) is 0. The number of carbonyl (C=O) groups excluding carboxylic acids is 1. The standard InChI is InChI=1S/C20H26N4O/c25-20(23-10-4-9-19-21-11-12-22-19)16-14-18(15-6-2-1-3-7-15)24-13-5-8-17(16)24/h1-3,6-7,11-12,16-18H,4-5,8-10,13-14H2,(H,21,22)(H,23,25)/t16-,17+,18-/m0/s1. The van der Waals surface area contributed by atoms with E-state index in [1.807, 2.05) is 6.20 Å². The third-order valence-electron chi connectivity index (χ3n) is 5.65.